The van der Waals surface area contributed by atoms with Gasteiger partial charge in [0.1, 0.15) is 0 Å². The first-order chi connectivity index (χ1) is 9.58. The zero-order chi connectivity index (χ0) is 14.5. The number of ketones is 1. The summed E-state index contributed by atoms with van der Waals surface area (Å²) in [7, 11) is 0. The number of nitrogens with zero attached hydrogens (tertiary/aromatic N) is 1. The summed E-state index contributed by atoms with van der Waals surface area (Å²) in [5.41, 5.74) is 11.9. The SMILES string of the molecule is N=C(N)NCCCC(N)C(=O)c1nc2ccccc2s1. The van der Waals surface area contributed by atoms with Crippen LogP contribution in [0.25, 0.3) is 10.2 Å². The summed E-state index contributed by atoms with van der Waals surface area (Å²) in [5, 5.41) is 10.2. The highest BCUT2D eigenvalue weighted by Gasteiger charge is 2.19. The maximum atomic E-state index is 12.2. The van der Waals surface area contributed by atoms with Crippen LogP contribution in [0.4, 0.5) is 0 Å². The lowest BCUT2D eigenvalue weighted by Gasteiger charge is -2.09. The number of nitrogens with one attached hydrogen (secondary N) is 2. The van der Waals surface area contributed by atoms with Crippen LogP contribution in [-0.4, -0.2) is 29.3 Å². The largest absolute Gasteiger partial charge is 0.370 e. The van der Waals surface area contributed by atoms with Gasteiger partial charge in [0, 0.05) is 6.54 Å². The number of hydrogen-bond donors (Lipinski definition) is 4. The van der Waals surface area contributed by atoms with E-state index in [0.717, 1.165) is 10.2 Å². The first-order valence-corrected chi connectivity index (χ1v) is 7.13. The maximum absolute atomic E-state index is 12.2. The minimum atomic E-state index is -0.565. The molecular formula is C13H17N5OS. The van der Waals surface area contributed by atoms with E-state index >= 15 is 0 Å². The Balaban J connectivity index is 1.94. The Kier molecular flexibility index (Phi) is 4.65. The summed E-state index contributed by atoms with van der Waals surface area (Å²) in [6, 6.07) is 7.06. The van der Waals surface area contributed by atoms with Gasteiger partial charge in [0.2, 0.25) is 5.78 Å². The highest BCUT2D eigenvalue weighted by atomic mass is 32.1. The van der Waals surface area contributed by atoms with Gasteiger partial charge in [-0.25, -0.2) is 4.98 Å². The number of carbonyl (C=O) groups is 1. The number of guanidine groups is 1. The Bertz CT molecular complexity index is 591. The molecule has 1 heterocycles. The standard InChI is InChI=1S/C13H17N5OS/c14-8(4-3-7-17-13(15)16)11(19)12-18-9-5-1-2-6-10(9)20-12/h1-2,5-6,8H,3-4,7,14H2,(H4,15,16,17). The molecule has 0 aliphatic rings. The van der Waals surface area contributed by atoms with Gasteiger partial charge >= 0.3 is 0 Å². The van der Waals surface area contributed by atoms with Crippen molar-refractivity contribution in [2.75, 3.05) is 6.54 Å². The number of thiazole rings is 1. The molecule has 2 aromatic rings. The van der Waals surface area contributed by atoms with E-state index in [4.69, 9.17) is 16.9 Å². The number of aromatic nitrogens is 1. The fraction of sp³-hybridized carbons (Fsp3) is 0.308. The van der Waals surface area contributed by atoms with E-state index in [2.05, 4.69) is 10.3 Å². The number of benzene rings is 1. The molecule has 0 spiro atoms. The number of Topliss-reactive ketones (excluding diaryl/α,β-unsaturated/α-hetero) is 1. The molecule has 0 radical (unpaired) electrons. The van der Waals surface area contributed by atoms with Gasteiger partial charge in [-0.1, -0.05) is 12.1 Å². The number of hydrogen-bond acceptors (Lipinski definition) is 5. The van der Waals surface area contributed by atoms with E-state index in [9.17, 15) is 4.79 Å². The van der Waals surface area contributed by atoms with Gasteiger partial charge in [0.25, 0.3) is 0 Å². The lowest BCUT2D eigenvalue weighted by atomic mass is 10.1. The second-order valence-corrected chi connectivity index (χ2v) is 5.47. The molecular weight excluding hydrogens is 274 g/mol. The van der Waals surface area contributed by atoms with Crippen LogP contribution in [0.2, 0.25) is 0 Å². The number of nitrogens with two attached hydrogens (primary N) is 2. The lowest BCUT2D eigenvalue weighted by molar-refractivity contribution is 0.0956. The van der Waals surface area contributed by atoms with Gasteiger partial charge in [-0.3, -0.25) is 10.2 Å². The molecule has 106 valence electrons. The summed E-state index contributed by atoms with van der Waals surface area (Å²) in [6.45, 7) is 0.538. The van der Waals surface area contributed by atoms with Crippen LogP contribution in [0.15, 0.2) is 24.3 Å². The van der Waals surface area contributed by atoms with E-state index in [1.165, 1.54) is 11.3 Å². The molecule has 1 aromatic heterocycles. The molecule has 0 saturated carbocycles. The fourth-order valence-electron chi connectivity index (χ4n) is 1.81. The molecule has 0 aliphatic carbocycles. The van der Waals surface area contributed by atoms with Crippen LogP contribution in [0.3, 0.4) is 0 Å². The van der Waals surface area contributed by atoms with E-state index < -0.39 is 6.04 Å². The Hall–Kier alpha value is -1.99. The van der Waals surface area contributed by atoms with Crippen LogP contribution in [0.1, 0.15) is 22.6 Å². The van der Waals surface area contributed by atoms with Crippen molar-refractivity contribution in [2.24, 2.45) is 11.5 Å². The summed E-state index contributed by atoms with van der Waals surface area (Å²) < 4.78 is 0.987. The van der Waals surface area contributed by atoms with Crippen LogP contribution >= 0.6 is 11.3 Å². The van der Waals surface area contributed by atoms with E-state index in [1.807, 2.05) is 24.3 Å². The van der Waals surface area contributed by atoms with Crippen molar-refractivity contribution >= 4 is 33.3 Å². The van der Waals surface area contributed by atoms with Gasteiger partial charge in [-0.05, 0) is 25.0 Å². The molecule has 6 nitrogen and oxygen atoms in total. The minimum absolute atomic E-state index is 0.0731. The lowest BCUT2D eigenvalue weighted by Crippen LogP contribution is -2.34. The molecule has 0 saturated heterocycles. The Morgan fingerprint density at radius 3 is 2.90 bits per heavy atom. The van der Waals surface area contributed by atoms with Crippen LogP contribution in [-0.2, 0) is 0 Å². The van der Waals surface area contributed by atoms with Gasteiger partial charge in [0.15, 0.2) is 11.0 Å². The highest BCUT2D eigenvalue weighted by Crippen LogP contribution is 2.22. The van der Waals surface area contributed by atoms with Crippen molar-refractivity contribution in [1.29, 1.82) is 5.41 Å². The van der Waals surface area contributed by atoms with Crippen molar-refractivity contribution in [2.45, 2.75) is 18.9 Å². The van der Waals surface area contributed by atoms with Crippen LogP contribution in [0.5, 0.6) is 0 Å². The second kappa shape index (κ2) is 6.44. The molecule has 0 amide bonds. The van der Waals surface area contributed by atoms with Gasteiger partial charge in [0.05, 0.1) is 16.3 Å². The zero-order valence-corrected chi connectivity index (χ0v) is 11.7. The van der Waals surface area contributed by atoms with Crippen molar-refractivity contribution in [3.8, 4) is 0 Å². The molecule has 6 N–H and O–H groups in total. The molecule has 1 atom stereocenters. The van der Waals surface area contributed by atoms with Gasteiger partial charge in [-0.15, -0.1) is 11.3 Å². The average molecular weight is 291 g/mol. The Morgan fingerprint density at radius 1 is 1.45 bits per heavy atom. The van der Waals surface area contributed by atoms with Crippen molar-refractivity contribution in [1.82, 2.24) is 10.3 Å². The second-order valence-electron chi connectivity index (χ2n) is 4.44. The normalized spacial score (nSPS) is 12.2. The summed E-state index contributed by atoms with van der Waals surface area (Å²) >= 11 is 1.37. The zero-order valence-electron chi connectivity index (χ0n) is 10.9. The summed E-state index contributed by atoms with van der Waals surface area (Å²) in [6.07, 6.45) is 1.21. The molecule has 2 rings (SSSR count). The molecule has 0 aliphatic heterocycles. The highest BCUT2D eigenvalue weighted by molar-refractivity contribution is 7.20. The molecule has 1 aromatic carbocycles. The number of rotatable bonds is 6. The summed E-state index contributed by atoms with van der Waals surface area (Å²) in [4.78, 5) is 16.5. The maximum Gasteiger partial charge on any atom is 0.208 e. The molecule has 0 fully saturated rings. The van der Waals surface area contributed by atoms with Crippen LogP contribution < -0.4 is 16.8 Å². The molecule has 7 heteroatoms. The van der Waals surface area contributed by atoms with Crippen LogP contribution in [0, 0.1) is 5.41 Å². The third-order valence-corrected chi connectivity index (χ3v) is 3.90. The topological polar surface area (TPSA) is 118 Å². The van der Waals surface area contributed by atoms with Crippen molar-refractivity contribution in [3.63, 3.8) is 0 Å². The first kappa shape index (κ1) is 14.4. The Labute approximate surface area is 120 Å². The Morgan fingerprint density at radius 2 is 2.20 bits per heavy atom. The third-order valence-electron chi connectivity index (χ3n) is 2.85. The van der Waals surface area contributed by atoms with E-state index in [0.29, 0.717) is 24.4 Å². The fourth-order valence-corrected chi connectivity index (χ4v) is 2.78. The monoisotopic (exact) mass is 291 g/mol. The third kappa shape index (κ3) is 3.52. The quantitative estimate of drug-likeness (QED) is 0.275. The predicted octanol–water partition coefficient (Wildman–Crippen LogP) is 1.07. The average Bonchev–Trinajstić information content (AvgIpc) is 2.86. The van der Waals surface area contributed by atoms with Gasteiger partial charge in [-0.2, -0.15) is 0 Å². The smallest absolute Gasteiger partial charge is 0.208 e. The molecule has 0 bridgehead atoms. The van der Waals surface area contributed by atoms with E-state index in [1.54, 1.807) is 0 Å². The summed E-state index contributed by atoms with van der Waals surface area (Å²) in [5.74, 6) is -0.204. The molecule has 1 unspecified atom stereocenters. The molecule has 20 heavy (non-hydrogen) atoms. The van der Waals surface area contributed by atoms with Crippen molar-refractivity contribution in [3.05, 3.63) is 29.3 Å². The number of para-hydroxylation sites is 1. The number of fused-ring (bicyclic) bond motifs is 1. The minimum Gasteiger partial charge on any atom is -0.370 e. The van der Waals surface area contributed by atoms with Crippen molar-refractivity contribution < 1.29 is 4.79 Å². The van der Waals surface area contributed by atoms with E-state index in [-0.39, 0.29) is 11.7 Å². The first-order valence-electron chi connectivity index (χ1n) is 6.31. The van der Waals surface area contributed by atoms with Gasteiger partial charge < -0.3 is 16.8 Å². The number of carbonyl (C=O) groups excluding carboxylic acids is 1. The predicted molar refractivity (Wildman–Crippen MR) is 81.1 cm³/mol.